The lowest BCUT2D eigenvalue weighted by Gasteiger charge is -2.29. The third-order valence-electron chi connectivity index (χ3n) is 3.74. The Morgan fingerprint density at radius 3 is 3.06 bits per heavy atom. The number of hydrogen-bond donors (Lipinski definition) is 1. The normalized spacial score (nSPS) is 21.6. The van der Waals surface area contributed by atoms with Crippen LogP contribution < -0.4 is 10.2 Å². The van der Waals surface area contributed by atoms with Crippen molar-refractivity contribution in [2.75, 3.05) is 18.0 Å². The molecule has 84 valence electrons. The zero-order chi connectivity index (χ0) is 11.2. The molecular formula is C15H14N2. The zero-order valence-corrected chi connectivity index (χ0v) is 9.56. The Bertz CT molecular complexity index is 615. The Labute approximate surface area is 101 Å². The fourth-order valence-electron chi connectivity index (χ4n) is 2.92. The highest BCUT2D eigenvalue weighted by atomic mass is 15.3. The second kappa shape index (κ2) is 3.34. The van der Waals surface area contributed by atoms with Crippen LogP contribution in [0.2, 0.25) is 0 Å². The predicted octanol–water partition coefficient (Wildman–Crippen LogP) is 2.60. The van der Waals surface area contributed by atoms with Gasteiger partial charge in [-0.15, -0.1) is 0 Å². The summed E-state index contributed by atoms with van der Waals surface area (Å²) in [5.74, 6) is 0. The molecule has 0 bridgehead atoms. The monoisotopic (exact) mass is 222 g/mol. The maximum absolute atomic E-state index is 3.49. The van der Waals surface area contributed by atoms with Crippen molar-refractivity contribution in [3.63, 3.8) is 0 Å². The molecule has 1 saturated heterocycles. The van der Waals surface area contributed by atoms with Crippen LogP contribution in [0, 0.1) is 0 Å². The van der Waals surface area contributed by atoms with E-state index < -0.39 is 0 Å². The number of rotatable bonds is 0. The third kappa shape index (κ3) is 1.25. The van der Waals surface area contributed by atoms with Crippen LogP contribution in [-0.2, 0) is 0 Å². The highest BCUT2D eigenvalue weighted by Crippen LogP contribution is 2.34. The molecule has 2 aliphatic heterocycles. The number of benzene rings is 2. The van der Waals surface area contributed by atoms with Gasteiger partial charge in [0.15, 0.2) is 0 Å². The van der Waals surface area contributed by atoms with E-state index in [1.165, 1.54) is 22.0 Å². The van der Waals surface area contributed by atoms with Gasteiger partial charge in [0.25, 0.3) is 0 Å². The average Bonchev–Trinajstić information content (AvgIpc) is 2.86. The van der Waals surface area contributed by atoms with Crippen molar-refractivity contribution in [1.82, 2.24) is 5.32 Å². The molecule has 2 heteroatoms. The standard InChI is InChI=1S/C15H14N2/c1-2-4-12-11(3-1)5-7-14-13(12)6-8-15-16-9-10-17(14)15/h1-8,15-16H,9-10H2. The van der Waals surface area contributed by atoms with Crippen LogP contribution in [0.1, 0.15) is 5.56 Å². The van der Waals surface area contributed by atoms with Crippen LogP contribution in [0.3, 0.4) is 0 Å². The van der Waals surface area contributed by atoms with Crippen molar-refractivity contribution in [2.45, 2.75) is 6.17 Å². The summed E-state index contributed by atoms with van der Waals surface area (Å²) in [6.45, 7) is 2.17. The van der Waals surface area contributed by atoms with Gasteiger partial charge in [0.1, 0.15) is 0 Å². The molecule has 0 amide bonds. The minimum Gasteiger partial charge on any atom is -0.351 e. The first-order valence-electron chi connectivity index (χ1n) is 6.13. The predicted molar refractivity (Wildman–Crippen MR) is 72.1 cm³/mol. The van der Waals surface area contributed by atoms with E-state index in [1.54, 1.807) is 0 Å². The van der Waals surface area contributed by atoms with Crippen LogP contribution >= 0.6 is 0 Å². The zero-order valence-electron chi connectivity index (χ0n) is 9.56. The van der Waals surface area contributed by atoms with Crippen LogP contribution in [0.15, 0.2) is 42.5 Å². The van der Waals surface area contributed by atoms with Gasteiger partial charge >= 0.3 is 0 Å². The lowest BCUT2D eigenvalue weighted by atomic mass is 9.99. The Balaban J connectivity index is 2.02. The van der Waals surface area contributed by atoms with Gasteiger partial charge in [0.2, 0.25) is 0 Å². The van der Waals surface area contributed by atoms with Crippen LogP contribution in [0.4, 0.5) is 5.69 Å². The molecule has 1 N–H and O–H groups in total. The lowest BCUT2D eigenvalue weighted by Crippen LogP contribution is -2.35. The fraction of sp³-hybridized carbons (Fsp3) is 0.200. The van der Waals surface area contributed by atoms with Gasteiger partial charge in [-0.2, -0.15) is 0 Å². The molecule has 2 nitrogen and oxygen atoms in total. The summed E-state index contributed by atoms with van der Waals surface area (Å²) >= 11 is 0. The molecule has 0 aromatic heterocycles. The minimum atomic E-state index is 0.392. The molecule has 4 rings (SSSR count). The molecule has 0 aliphatic carbocycles. The average molecular weight is 222 g/mol. The molecule has 2 aromatic rings. The smallest absolute Gasteiger partial charge is 0.0991 e. The van der Waals surface area contributed by atoms with Crippen LogP contribution in [0.25, 0.3) is 16.8 Å². The van der Waals surface area contributed by atoms with Gasteiger partial charge in [0.05, 0.1) is 6.17 Å². The van der Waals surface area contributed by atoms with Crippen molar-refractivity contribution in [1.29, 1.82) is 0 Å². The molecule has 2 aromatic carbocycles. The molecular weight excluding hydrogens is 208 g/mol. The maximum Gasteiger partial charge on any atom is 0.0991 e. The Kier molecular flexibility index (Phi) is 1.82. The SMILES string of the molecule is C1=CC2NCCN2c2ccc3ccccc3c21. The number of nitrogens with one attached hydrogen (secondary N) is 1. The quantitative estimate of drug-likeness (QED) is 0.737. The molecule has 0 radical (unpaired) electrons. The van der Waals surface area contributed by atoms with Crippen molar-refractivity contribution >= 4 is 22.5 Å². The molecule has 1 atom stereocenters. The highest BCUT2D eigenvalue weighted by Gasteiger charge is 2.26. The first-order valence-corrected chi connectivity index (χ1v) is 6.13. The second-order valence-electron chi connectivity index (χ2n) is 4.67. The van der Waals surface area contributed by atoms with Crippen molar-refractivity contribution < 1.29 is 0 Å². The number of hydrogen-bond acceptors (Lipinski definition) is 2. The molecule has 2 heterocycles. The minimum absolute atomic E-state index is 0.392. The van der Waals surface area contributed by atoms with E-state index in [1.807, 2.05) is 0 Å². The lowest BCUT2D eigenvalue weighted by molar-refractivity contribution is 0.720. The van der Waals surface area contributed by atoms with E-state index in [2.05, 4.69) is 58.8 Å². The van der Waals surface area contributed by atoms with E-state index in [0.717, 1.165) is 13.1 Å². The largest absolute Gasteiger partial charge is 0.351 e. The molecule has 1 unspecified atom stereocenters. The summed E-state index contributed by atoms with van der Waals surface area (Å²) in [5.41, 5.74) is 2.73. The molecule has 0 saturated carbocycles. The van der Waals surface area contributed by atoms with Gasteiger partial charge in [-0.25, -0.2) is 0 Å². The van der Waals surface area contributed by atoms with Gasteiger partial charge < -0.3 is 4.90 Å². The number of fused-ring (bicyclic) bond motifs is 5. The summed E-state index contributed by atoms with van der Waals surface area (Å²) < 4.78 is 0. The third-order valence-corrected chi connectivity index (χ3v) is 3.74. The fourth-order valence-corrected chi connectivity index (χ4v) is 2.92. The van der Waals surface area contributed by atoms with Crippen molar-refractivity contribution in [3.8, 4) is 0 Å². The van der Waals surface area contributed by atoms with E-state index in [4.69, 9.17) is 0 Å². The van der Waals surface area contributed by atoms with Gasteiger partial charge in [-0.05, 0) is 22.9 Å². The summed E-state index contributed by atoms with van der Waals surface area (Å²) in [6.07, 6.45) is 4.92. The first-order chi connectivity index (χ1) is 8.43. The van der Waals surface area contributed by atoms with E-state index in [0.29, 0.717) is 6.17 Å². The Morgan fingerprint density at radius 2 is 2.06 bits per heavy atom. The van der Waals surface area contributed by atoms with E-state index in [9.17, 15) is 0 Å². The summed E-state index contributed by atoms with van der Waals surface area (Å²) in [5, 5.41) is 6.16. The van der Waals surface area contributed by atoms with Gasteiger partial charge in [-0.1, -0.05) is 36.4 Å². The Hall–Kier alpha value is -1.80. The Morgan fingerprint density at radius 1 is 1.12 bits per heavy atom. The van der Waals surface area contributed by atoms with Crippen LogP contribution in [-0.4, -0.2) is 19.3 Å². The van der Waals surface area contributed by atoms with E-state index in [-0.39, 0.29) is 0 Å². The topological polar surface area (TPSA) is 15.3 Å². The van der Waals surface area contributed by atoms with Crippen molar-refractivity contribution in [3.05, 3.63) is 48.0 Å². The molecule has 17 heavy (non-hydrogen) atoms. The van der Waals surface area contributed by atoms with E-state index >= 15 is 0 Å². The molecule has 2 aliphatic rings. The number of anilines is 1. The number of nitrogens with zero attached hydrogens (tertiary/aromatic N) is 1. The highest BCUT2D eigenvalue weighted by molar-refractivity contribution is 5.97. The summed E-state index contributed by atoms with van der Waals surface area (Å²) in [6, 6.07) is 13.1. The van der Waals surface area contributed by atoms with Gasteiger partial charge in [0, 0.05) is 24.3 Å². The summed E-state index contributed by atoms with van der Waals surface area (Å²) in [4.78, 5) is 2.45. The first kappa shape index (κ1) is 9.25. The molecule has 0 spiro atoms. The second-order valence-corrected chi connectivity index (χ2v) is 4.67. The maximum atomic E-state index is 3.49. The van der Waals surface area contributed by atoms with Gasteiger partial charge in [-0.3, -0.25) is 5.32 Å². The molecule has 1 fully saturated rings. The summed E-state index contributed by atoms with van der Waals surface area (Å²) in [7, 11) is 0. The van der Waals surface area contributed by atoms with Crippen LogP contribution in [0.5, 0.6) is 0 Å². The van der Waals surface area contributed by atoms with Crippen molar-refractivity contribution in [2.24, 2.45) is 0 Å².